The molecule has 0 bridgehead atoms. The Balaban J connectivity index is 2.78. The van der Waals surface area contributed by atoms with E-state index in [0.717, 1.165) is 0 Å². The second-order valence-corrected chi connectivity index (χ2v) is 4.90. The minimum atomic E-state index is -0.699. The van der Waals surface area contributed by atoms with E-state index in [1.54, 1.807) is 32.0 Å². The Hall–Kier alpha value is -1.46. The van der Waals surface area contributed by atoms with Gasteiger partial charge in [0, 0.05) is 5.02 Å². The number of nitrogens with one attached hydrogen (secondary N) is 2. The van der Waals surface area contributed by atoms with Crippen molar-refractivity contribution in [2.45, 2.75) is 19.4 Å². The average molecular weight is 273 g/mol. The summed E-state index contributed by atoms with van der Waals surface area (Å²) in [4.78, 5) is 11.7. The molecule has 0 heterocycles. The summed E-state index contributed by atoms with van der Waals surface area (Å²) in [6, 6.07) is 4.48. The van der Waals surface area contributed by atoms with Crippen molar-refractivity contribution in [1.29, 1.82) is 0 Å². The van der Waals surface area contributed by atoms with Crippen LogP contribution >= 0.6 is 11.6 Å². The van der Waals surface area contributed by atoms with E-state index in [1.165, 1.54) is 7.11 Å². The monoisotopic (exact) mass is 272 g/mol. The Morgan fingerprint density at radius 3 is 2.72 bits per heavy atom. The fourth-order valence-electron chi connectivity index (χ4n) is 1.28. The highest BCUT2D eigenvalue weighted by Gasteiger charge is 2.19. The van der Waals surface area contributed by atoms with Gasteiger partial charge in [0.1, 0.15) is 5.75 Å². The lowest BCUT2D eigenvalue weighted by Crippen LogP contribution is -2.48. The van der Waals surface area contributed by atoms with Gasteiger partial charge in [-0.15, -0.1) is 0 Å². The second-order valence-electron chi connectivity index (χ2n) is 4.47. The molecule has 0 spiro atoms. The molecule has 1 aromatic carbocycles. The van der Waals surface area contributed by atoms with E-state index in [-0.39, 0.29) is 6.61 Å². The molecule has 1 aromatic rings. The van der Waals surface area contributed by atoms with Gasteiger partial charge in [0.15, 0.2) is 0 Å². The molecule has 6 heteroatoms. The molecule has 5 nitrogen and oxygen atoms in total. The number of hydrogen-bond donors (Lipinski definition) is 3. The van der Waals surface area contributed by atoms with Crippen LogP contribution in [-0.4, -0.2) is 30.4 Å². The van der Waals surface area contributed by atoms with Crippen molar-refractivity contribution >= 4 is 23.3 Å². The molecular weight excluding hydrogens is 256 g/mol. The van der Waals surface area contributed by atoms with Crippen molar-refractivity contribution in [3.8, 4) is 5.75 Å². The summed E-state index contributed by atoms with van der Waals surface area (Å²) >= 11 is 5.85. The van der Waals surface area contributed by atoms with Gasteiger partial charge in [-0.1, -0.05) is 11.6 Å². The van der Waals surface area contributed by atoms with Crippen molar-refractivity contribution < 1.29 is 14.6 Å². The minimum absolute atomic E-state index is 0.160. The zero-order valence-corrected chi connectivity index (χ0v) is 11.3. The molecular formula is C12H17ClN2O3. The van der Waals surface area contributed by atoms with Gasteiger partial charge in [0.25, 0.3) is 0 Å². The maximum absolute atomic E-state index is 11.7. The molecule has 100 valence electrons. The lowest BCUT2D eigenvalue weighted by molar-refractivity contribution is 0.187. The van der Waals surface area contributed by atoms with Crippen LogP contribution in [0.2, 0.25) is 5.02 Å². The number of urea groups is 1. The third-order valence-corrected chi connectivity index (χ3v) is 2.49. The number of rotatable bonds is 4. The van der Waals surface area contributed by atoms with Crippen LogP contribution in [0.3, 0.4) is 0 Å². The Bertz CT molecular complexity index is 435. The number of aliphatic hydroxyl groups excluding tert-OH is 1. The first-order valence-corrected chi connectivity index (χ1v) is 5.79. The summed E-state index contributed by atoms with van der Waals surface area (Å²) in [5.41, 5.74) is -0.230. The highest BCUT2D eigenvalue weighted by molar-refractivity contribution is 6.31. The van der Waals surface area contributed by atoms with Gasteiger partial charge < -0.3 is 20.5 Å². The Morgan fingerprint density at radius 2 is 2.17 bits per heavy atom. The van der Waals surface area contributed by atoms with Gasteiger partial charge in [0.05, 0.1) is 24.9 Å². The van der Waals surface area contributed by atoms with Crippen LogP contribution in [0, 0.1) is 0 Å². The van der Waals surface area contributed by atoms with Gasteiger partial charge >= 0.3 is 6.03 Å². The number of methoxy groups -OCH3 is 1. The predicted molar refractivity (Wildman–Crippen MR) is 71.3 cm³/mol. The Morgan fingerprint density at radius 1 is 1.50 bits per heavy atom. The number of halogens is 1. The van der Waals surface area contributed by atoms with E-state index in [0.29, 0.717) is 16.5 Å². The minimum Gasteiger partial charge on any atom is -0.495 e. The number of benzene rings is 1. The Labute approximate surface area is 111 Å². The van der Waals surface area contributed by atoms with Crippen LogP contribution in [-0.2, 0) is 0 Å². The first-order chi connectivity index (χ1) is 8.38. The van der Waals surface area contributed by atoms with Gasteiger partial charge in [-0.25, -0.2) is 4.79 Å². The zero-order valence-electron chi connectivity index (χ0n) is 10.6. The lowest BCUT2D eigenvalue weighted by atomic mass is 10.1. The van der Waals surface area contributed by atoms with E-state index >= 15 is 0 Å². The summed E-state index contributed by atoms with van der Waals surface area (Å²) in [5, 5.41) is 14.8. The first kappa shape index (κ1) is 14.6. The van der Waals surface area contributed by atoms with Crippen LogP contribution in [0.5, 0.6) is 5.75 Å². The fraction of sp³-hybridized carbons (Fsp3) is 0.417. The van der Waals surface area contributed by atoms with Crippen molar-refractivity contribution in [3.05, 3.63) is 23.2 Å². The summed E-state index contributed by atoms with van der Waals surface area (Å²) in [6.45, 7) is 3.26. The largest absolute Gasteiger partial charge is 0.495 e. The maximum atomic E-state index is 11.7. The number of carbonyl (C=O) groups excluding carboxylic acids is 1. The molecule has 0 fully saturated rings. The van der Waals surface area contributed by atoms with E-state index in [4.69, 9.17) is 21.4 Å². The molecule has 18 heavy (non-hydrogen) atoms. The summed E-state index contributed by atoms with van der Waals surface area (Å²) < 4.78 is 5.11. The predicted octanol–water partition coefficient (Wildman–Crippen LogP) is 2.24. The number of carbonyl (C=O) groups is 1. The normalized spacial score (nSPS) is 10.9. The molecule has 0 aliphatic rings. The summed E-state index contributed by atoms with van der Waals surface area (Å²) in [7, 11) is 1.50. The number of aliphatic hydroxyl groups is 1. The van der Waals surface area contributed by atoms with E-state index in [1.807, 2.05) is 0 Å². The van der Waals surface area contributed by atoms with Gasteiger partial charge in [0.2, 0.25) is 0 Å². The molecule has 0 aromatic heterocycles. The molecule has 2 amide bonds. The molecule has 0 radical (unpaired) electrons. The molecule has 0 saturated carbocycles. The fourth-order valence-corrected chi connectivity index (χ4v) is 1.45. The zero-order chi connectivity index (χ0) is 13.8. The van der Waals surface area contributed by atoms with Crippen LogP contribution in [0.15, 0.2) is 18.2 Å². The first-order valence-electron chi connectivity index (χ1n) is 5.41. The van der Waals surface area contributed by atoms with E-state index < -0.39 is 11.6 Å². The molecule has 0 unspecified atom stereocenters. The van der Waals surface area contributed by atoms with Crippen molar-refractivity contribution in [2.24, 2.45) is 0 Å². The van der Waals surface area contributed by atoms with Crippen molar-refractivity contribution in [1.82, 2.24) is 5.32 Å². The highest BCUT2D eigenvalue weighted by Crippen LogP contribution is 2.27. The SMILES string of the molecule is COc1ccc(Cl)cc1NC(=O)NC(C)(C)CO. The molecule has 0 aliphatic heterocycles. The molecule has 1 rings (SSSR count). The van der Waals surface area contributed by atoms with Crippen molar-refractivity contribution in [3.63, 3.8) is 0 Å². The number of hydrogen-bond acceptors (Lipinski definition) is 3. The van der Waals surface area contributed by atoms with E-state index in [9.17, 15) is 4.79 Å². The maximum Gasteiger partial charge on any atom is 0.319 e. The lowest BCUT2D eigenvalue weighted by Gasteiger charge is -2.23. The third kappa shape index (κ3) is 4.09. The second kappa shape index (κ2) is 5.93. The summed E-state index contributed by atoms with van der Waals surface area (Å²) in [6.07, 6.45) is 0. The average Bonchev–Trinajstić information content (AvgIpc) is 2.28. The number of amides is 2. The van der Waals surface area contributed by atoms with Crippen LogP contribution in [0.4, 0.5) is 10.5 Å². The van der Waals surface area contributed by atoms with Crippen molar-refractivity contribution in [2.75, 3.05) is 19.0 Å². The van der Waals surface area contributed by atoms with E-state index in [2.05, 4.69) is 10.6 Å². The molecule has 3 N–H and O–H groups in total. The third-order valence-electron chi connectivity index (χ3n) is 2.26. The number of ether oxygens (including phenoxy) is 1. The van der Waals surface area contributed by atoms with Crippen LogP contribution in [0.1, 0.15) is 13.8 Å². The van der Waals surface area contributed by atoms with Gasteiger partial charge in [-0.05, 0) is 32.0 Å². The standard InChI is InChI=1S/C12H17ClN2O3/c1-12(2,7-16)15-11(17)14-9-6-8(13)4-5-10(9)18-3/h4-6,16H,7H2,1-3H3,(H2,14,15,17). The van der Waals surface area contributed by atoms with Gasteiger partial charge in [-0.2, -0.15) is 0 Å². The van der Waals surface area contributed by atoms with Gasteiger partial charge in [-0.3, -0.25) is 0 Å². The summed E-state index contributed by atoms with van der Waals surface area (Å²) in [5.74, 6) is 0.511. The smallest absolute Gasteiger partial charge is 0.319 e. The Kier molecular flexibility index (Phi) is 4.81. The topological polar surface area (TPSA) is 70.6 Å². The quantitative estimate of drug-likeness (QED) is 0.787. The van der Waals surface area contributed by atoms with Crippen LogP contribution in [0.25, 0.3) is 0 Å². The van der Waals surface area contributed by atoms with Crippen LogP contribution < -0.4 is 15.4 Å². The highest BCUT2D eigenvalue weighted by atomic mass is 35.5. The molecule has 0 saturated heterocycles. The molecule has 0 aliphatic carbocycles. The number of anilines is 1. The molecule has 0 atom stereocenters.